The molecule has 1 aliphatic heterocycles. The van der Waals surface area contributed by atoms with E-state index in [1.807, 2.05) is 32.0 Å². The molecular weight excluding hydrogens is 523 g/mol. The van der Waals surface area contributed by atoms with Gasteiger partial charge in [-0.2, -0.15) is 18.3 Å². The summed E-state index contributed by atoms with van der Waals surface area (Å²) in [5.41, 5.74) is 4.92. The summed E-state index contributed by atoms with van der Waals surface area (Å²) in [6.45, 7) is 3.87. The average Bonchev–Trinajstić information content (AvgIpc) is 3.17. The molecule has 3 N–H and O–H groups in total. The zero-order valence-electron chi connectivity index (χ0n) is 21.2. The minimum atomic E-state index is -4.68. The molecule has 4 aromatic carbocycles. The van der Waals surface area contributed by atoms with Crippen molar-refractivity contribution >= 4 is 34.7 Å². The third kappa shape index (κ3) is 4.86. The van der Waals surface area contributed by atoms with E-state index in [0.29, 0.717) is 5.56 Å². The molecule has 0 radical (unpaired) electrons. The number of alkyl halides is 3. The van der Waals surface area contributed by atoms with Crippen LogP contribution in [0.1, 0.15) is 32.6 Å². The fourth-order valence-corrected chi connectivity index (χ4v) is 4.68. The van der Waals surface area contributed by atoms with Crippen LogP contribution in [0, 0.1) is 13.8 Å². The van der Waals surface area contributed by atoms with Gasteiger partial charge in [-0.15, -0.1) is 0 Å². The largest absolute Gasteiger partial charge is 0.505 e. The molecule has 0 aliphatic carbocycles. The number of rotatable bonds is 5. The molecule has 1 amide bonds. The van der Waals surface area contributed by atoms with Crippen LogP contribution in [0.4, 0.5) is 30.2 Å². The number of benzene rings is 4. The number of hydrogen-bond acceptors (Lipinski definition) is 5. The van der Waals surface area contributed by atoms with Crippen molar-refractivity contribution in [3.8, 4) is 16.9 Å². The van der Waals surface area contributed by atoms with Crippen LogP contribution < -0.4 is 10.3 Å². The van der Waals surface area contributed by atoms with E-state index in [9.17, 15) is 33.0 Å². The number of anilines is 3. The van der Waals surface area contributed by atoms with Gasteiger partial charge >= 0.3 is 12.1 Å². The number of amides is 1. The number of aromatic hydroxyl groups is 1. The SMILES string of the molecule is Cc1cc(C)cc(-c2cccc(N/N=C3\C(=O)N(c4cccc(C(=O)O)c4)c4cc(C(F)(F)F)ccc43)c2O)c1. The van der Waals surface area contributed by atoms with E-state index in [1.54, 1.807) is 18.2 Å². The number of aromatic carboxylic acids is 1. The van der Waals surface area contributed by atoms with Gasteiger partial charge in [0.15, 0.2) is 5.71 Å². The topological polar surface area (TPSA) is 102 Å². The summed E-state index contributed by atoms with van der Waals surface area (Å²) < 4.78 is 40.6. The molecular formula is C30H22F3N3O4. The van der Waals surface area contributed by atoms with Gasteiger partial charge in [0, 0.05) is 11.1 Å². The first kappa shape index (κ1) is 26.5. The van der Waals surface area contributed by atoms with Crippen LogP contribution in [0.2, 0.25) is 0 Å². The summed E-state index contributed by atoms with van der Waals surface area (Å²) in [5.74, 6) is -2.15. The highest BCUT2D eigenvalue weighted by Crippen LogP contribution is 2.41. The van der Waals surface area contributed by atoms with Gasteiger partial charge in [0.05, 0.1) is 28.2 Å². The van der Waals surface area contributed by atoms with Crippen LogP contribution in [0.15, 0.2) is 84.0 Å². The number of hydrogen-bond donors (Lipinski definition) is 3. The Morgan fingerprint density at radius 1 is 0.900 bits per heavy atom. The zero-order valence-corrected chi connectivity index (χ0v) is 21.2. The van der Waals surface area contributed by atoms with E-state index in [-0.39, 0.29) is 39.7 Å². The number of halogens is 3. The van der Waals surface area contributed by atoms with Crippen molar-refractivity contribution < 1.29 is 33.0 Å². The Bertz CT molecular complexity index is 1690. The summed E-state index contributed by atoms with van der Waals surface area (Å²) in [5, 5.41) is 24.6. The number of phenolic OH excluding ortho intramolecular Hbond substituents is 1. The third-order valence-corrected chi connectivity index (χ3v) is 6.43. The Balaban J connectivity index is 1.58. The molecule has 0 saturated carbocycles. The summed E-state index contributed by atoms with van der Waals surface area (Å²) in [7, 11) is 0. The standard InChI is InChI=1S/C30H22F3N3O4/c1-16-11-17(2)13-19(12-16)22-7-4-8-24(27(22)37)34-35-26-23-10-9-20(30(31,32)33)15-25(23)36(28(26)38)21-6-3-5-18(14-21)29(39)40/h3-15,34,37H,1-2H3,(H,39,40)/b35-26-. The predicted octanol–water partition coefficient (Wildman–Crippen LogP) is 6.89. The molecule has 0 spiro atoms. The Kier molecular flexibility index (Phi) is 6.54. The minimum absolute atomic E-state index is 0.0651. The van der Waals surface area contributed by atoms with Gasteiger partial charge in [-0.3, -0.25) is 15.1 Å². The number of phenols is 1. The molecule has 0 saturated heterocycles. The number of carboxylic acid groups (broad SMARTS) is 1. The number of carboxylic acids is 1. The third-order valence-electron chi connectivity index (χ3n) is 6.43. The number of carbonyl (C=O) groups excluding carboxylic acids is 1. The number of aryl methyl sites for hydroxylation is 2. The van der Waals surface area contributed by atoms with Gasteiger partial charge in [-0.1, -0.05) is 47.5 Å². The van der Waals surface area contributed by atoms with Crippen molar-refractivity contribution in [2.24, 2.45) is 5.10 Å². The average molecular weight is 546 g/mol. The van der Waals surface area contributed by atoms with Crippen LogP contribution in [0.5, 0.6) is 5.75 Å². The molecule has 0 bridgehead atoms. The molecule has 1 aliphatic rings. The van der Waals surface area contributed by atoms with Crippen molar-refractivity contribution in [1.29, 1.82) is 0 Å². The van der Waals surface area contributed by atoms with Gasteiger partial charge in [-0.25, -0.2) is 4.79 Å². The monoisotopic (exact) mass is 545 g/mol. The van der Waals surface area contributed by atoms with Crippen molar-refractivity contribution in [2.45, 2.75) is 20.0 Å². The minimum Gasteiger partial charge on any atom is -0.505 e. The molecule has 7 nitrogen and oxygen atoms in total. The van der Waals surface area contributed by atoms with Crippen LogP contribution in [0.25, 0.3) is 11.1 Å². The highest BCUT2D eigenvalue weighted by atomic mass is 19.4. The lowest BCUT2D eigenvalue weighted by Gasteiger charge is -2.18. The highest BCUT2D eigenvalue weighted by molar-refractivity contribution is 6.55. The first-order chi connectivity index (χ1) is 18.9. The molecule has 202 valence electrons. The number of carbonyl (C=O) groups is 2. The van der Waals surface area contributed by atoms with E-state index in [0.717, 1.165) is 39.8 Å². The van der Waals surface area contributed by atoms with Gasteiger partial charge in [-0.05, 0) is 61.9 Å². The van der Waals surface area contributed by atoms with Crippen molar-refractivity contribution in [2.75, 3.05) is 10.3 Å². The maximum atomic E-state index is 13.5. The summed E-state index contributed by atoms with van der Waals surface area (Å²) >= 11 is 0. The quantitative estimate of drug-likeness (QED) is 0.187. The van der Waals surface area contributed by atoms with Crippen molar-refractivity contribution in [3.05, 3.63) is 107 Å². The van der Waals surface area contributed by atoms with Crippen LogP contribution in [0.3, 0.4) is 0 Å². The maximum Gasteiger partial charge on any atom is 0.416 e. The Morgan fingerprint density at radius 2 is 1.60 bits per heavy atom. The van der Waals surface area contributed by atoms with Crippen molar-refractivity contribution in [3.63, 3.8) is 0 Å². The summed E-state index contributed by atoms with van der Waals surface area (Å²) in [4.78, 5) is 26.0. The second-order valence-electron chi connectivity index (χ2n) is 9.38. The Labute approximate surface area is 226 Å². The van der Waals surface area contributed by atoms with E-state index >= 15 is 0 Å². The van der Waals surface area contributed by atoms with E-state index < -0.39 is 23.6 Å². The lowest BCUT2D eigenvalue weighted by atomic mass is 9.99. The number of nitrogens with zero attached hydrogens (tertiary/aromatic N) is 2. The number of para-hydroxylation sites is 1. The van der Waals surface area contributed by atoms with Crippen LogP contribution >= 0.6 is 0 Å². The molecule has 5 rings (SSSR count). The molecule has 0 aromatic heterocycles. The lowest BCUT2D eigenvalue weighted by Crippen LogP contribution is -2.26. The second-order valence-corrected chi connectivity index (χ2v) is 9.38. The zero-order chi connectivity index (χ0) is 28.8. The Morgan fingerprint density at radius 3 is 2.27 bits per heavy atom. The van der Waals surface area contributed by atoms with Crippen LogP contribution in [-0.2, 0) is 11.0 Å². The predicted molar refractivity (Wildman–Crippen MR) is 145 cm³/mol. The number of hydrazone groups is 1. The van der Waals surface area contributed by atoms with Crippen LogP contribution in [-0.4, -0.2) is 27.8 Å². The van der Waals surface area contributed by atoms with Gasteiger partial charge in [0.1, 0.15) is 5.75 Å². The lowest BCUT2D eigenvalue weighted by molar-refractivity contribution is -0.137. The molecule has 0 unspecified atom stereocenters. The fourth-order valence-electron chi connectivity index (χ4n) is 4.68. The number of nitrogens with one attached hydrogen (secondary N) is 1. The Hall–Kier alpha value is -5.12. The molecule has 0 fully saturated rings. The van der Waals surface area contributed by atoms with Gasteiger partial charge in [0.25, 0.3) is 5.91 Å². The molecule has 10 heteroatoms. The second kappa shape index (κ2) is 9.88. The normalized spacial score (nSPS) is 14.0. The summed E-state index contributed by atoms with van der Waals surface area (Å²) in [6, 6.07) is 18.9. The molecule has 4 aromatic rings. The van der Waals surface area contributed by atoms with E-state index in [1.165, 1.54) is 24.3 Å². The van der Waals surface area contributed by atoms with Gasteiger partial charge in [0.2, 0.25) is 0 Å². The molecule has 1 heterocycles. The maximum absolute atomic E-state index is 13.5. The number of fused-ring (bicyclic) bond motifs is 1. The summed E-state index contributed by atoms with van der Waals surface area (Å²) in [6.07, 6.45) is -4.68. The van der Waals surface area contributed by atoms with E-state index in [4.69, 9.17) is 0 Å². The smallest absolute Gasteiger partial charge is 0.416 e. The fraction of sp³-hybridized carbons (Fsp3) is 0.100. The van der Waals surface area contributed by atoms with Gasteiger partial charge < -0.3 is 10.2 Å². The van der Waals surface area contributed by atoms with E-state index in [2.05, 4.69) is 10.5 Å². The van der Waals surface area contributed by atoms with Crippen molar-refractivity contribution in [1.82, 2.24) is 0 Å². The molecule has 40 heavy (non-hydrogen) atoms. The molecule has 0 atom stereocenters. The first-order valence-corrected chi connectivity index (χ1v) is 12.1. The first-order valence-electron chi connectivity index (χ1n) is 12.1. The highest BCUT2D eigenvalue weighted by Gasteiger charge is 2.39.